The van der Waals surface area contributed by atoms with E-state index >= 15 is 0 Å². The van der Waals surface area contributed by atoms with Crippen molar-refractivity contribution >= 4 is 15.6 Å². The molecule has 21 heavy (non-hydrogen) atoms. The number of Topliss-reactive ketones (excluding diaryl/α,β-unsaturated/α-hetero) is 1. The van der Waals surface area contributed by atoms with E-state index in [1.807, 2.05) is 30.3 Å². The minimum atomic E-state index is -3.39. The van der Waals surface area contributed by atoms with Crippen LogP contribution in [0.3, 0.4) is 0 Å². The van der Waals surface area contributed by atoms with Crippen molar-refractivity contribution < 1.29 is 17.9 Å². The molecule has 0 aliphatic rings. The Bertz CT molecular complexity index is 719. The van der Waals surface area contributed by atoms with Gasteiger partial charge in [-0.3, -0.25) is 4.79 Å². The smallest absolute Gasteiger partial charge is 0.180 e. The SMILES string of the molecule is CC(C(=O)c1ccc(Oc2ccccc2)cc1)S(C)(=O)=O. The molecule has 0 aliphatic carbocycles. The van der Waals surface area contributed by atoms with E-state index < -0.39 is 20.9 Å². The number of rotatable bonds is 5. The molecule has 0 heterocycles. The number of ketones is 1. The molecule has 0 bridgehead atoms. The molecule has 5 heteroatoms. The van der Waals surface area contributed by atoms with E-state index in [9.17, 15) is 13.2 Å². The molecule has 0 amide bonds. The molecule has 0 aromatic heterocycles. The maximum atomic E-state index is 12.0. The van der Waals surface area contributed by atoms with Crippen LogP contribution in [-0.4, -0.2) is 25.7 Å². The number of carbonyl (C=O) groups is 1. The van der Waals surface area contributed by atoms with Crippen molar-refractivity contribution in [1.29, 1.82) is 0 Å². The summed E-state index contributed by atoms with van der Waals surface area (Å²) in [6, 6.07) is 15.7. The Labute approximate surface area is 124 Å². The van der Waals surface area contributed by atoms with Gasteiger partial charge in [0.25, 0.3) is 0 Å². The van der Waals surface area contributed by atoms with Crippen molar-refractivity contribution in [3.8, 4) is 11.5 Å². The zero-order valence-corrected chi connectivity index (χ0v) is 12.6. The molecule has 1 unspecified atom stereocenters. The second-order valence-electron chi connectivity index (χ2n) is 4.78. The first-order chi connectivity index (χ1) is 9.88. The average molecular weight is 304 g/mol. The van der Waals surface area contributed by atoms with E-state index in [1.165, 1.54) is 6.92 Å². The molecule has 0 saturated heterocycles. The predicted octanol–water partition coefficient (Wildman–Crippen LogP) is 3.09. The Morgan fingerprint density at radius 1 is 0.952 bits per heavy atom. The lowest BCUT2D eigenvalue weighted by Crippen LogP contribution is -2.26. The van der Waals surface area contributed by atoms with Crippen LogP contribution < -0.4 is 4.74 Å². The normalized spacial score (nSPS) is 12.7. The van der Waals surface area contributed by atoms with Gasteiger partial charge >= 0.3 is 0 Å². The maximum Gasteiger partial charge on any atom is 0.180 e. The van der Waals surface area contributed by atoms with Crippen molar-refractivity contribution in [2.75, 3.05) is 6.26 Å². The van der Waals surface area contributed by atoms with Crippen molar-refractivity contribution in [2.24, 2.45) is 0 Å². The van der Waals surface area contributed by atoms with E-state index in [0.29, 0.717) is 17.1 Å². The zero-order chi connectivity index (χ0) is 15.5. The molecule has 2 aromatic carbocycles. The molecule has 4 nitrogen and oxygen atoms in total. The topological polar surface area (TPSA) is 60.4 Å². The van der Waals surface area contributed by atoms with Crippen molar-refractivity contribution in [3.05, 3.63) is 60.2 Å². The van der Waals surface area contributed by atoms with Gasteiger partial charge in [0.15, 0.2) is 15.6 Å². The number of benzene rings is 2. The van der Waals surface area contributed by atoms with Crippen molar-refractivity contribution in [2.45, 2.75) is 12.2 Å². The Kier molecular flexibility index (Phi) is 4.43. The van der Waals surface area contributed by atoms with Gasteiger partial charge in [-0.15, -0.1) is 0 Å². The van der Waals surface area contributed by atoms with Gasteiger partial charge in [0.05, 0.1) is 0 Å². The zero-order valence-electron chi connectivity index (χ0n) is 11.8. The third-order valence-corrected chi connectivity index (χ3v) is 4.63. The van der Waals surface area contributed by atoms with Gasteiger partial charge in [0.1, 0.15) is 16.7 Å². The minimum Gasteiger partial charge on any atom is -0.457 e. The second-order valence-corrected chi connectivity index (χ2v) is 7.14. The van der Waals surface area contributed by atoms with Crippen LogP contribution in [-0.2, 0) is 9.84 Å². The van der Waals surface area contributed by atoms with Gasteiger partial charge in [-0.05, 0) is 43.3 Å². The van der Waals surface area contributed by atoms with Crippen LogP contribution in [0.5, 0.6) is 11.5 Å². The highest BCUT2D eigenvalue weighted by Crippen LogP contribution is 2.22. The number of ether oxygens (including phenoxy) is 1. The molecule has 0 N–H and O–H groups in total. The highest BCUT2D eigenvalue weighted by Gasteiger charge is 2.24. The molecule has 0 fully saturated rings. The highest BCUT2D eigenvalue weighted by molar-refractivity contribution is 7.92. The molecule has 110 valence electrons. The van der Waals surface area contributed by atoms with Crippen LogP contribution in [0, 0.1) is 0 Å². The lowest BCUT2D eigenvalue weighted by Gasteiger charge is -2.09. The summed E-state index contributed by atoms with van der Waals surface area (Å²) in [5.74, 6) is 0.870. The van der Waals surface area contributed by atoms with Crippen molar-refractivity contribution in [1.82, 2.24) is 0 Å². The fourth-order valence-electron chi connectivity index (χ4n) is 1.74. The number of hydrogen-bond acceptors (Lipinski definition) is 4. The number of hydrogen-bond donors (Lipinski definition) is 0. The fourth-order valence-corrected chi connectivity index (χ4v) is 2.27. The predicted molar refractivity (Wildman–Crippen MR) is 81.6 cm³/mol. The third kappa shape index (κ3) is 3.92. The van der Waals surface area contributed by atoms with E-state index in [2.05, 4.69) is 0 Å². The van der Waals surface area contributed by atoms with Gasteiger partial charge in [0.2, 0.25) is 0 Å². The van der Waals surface area contributed by atoms with Gasteiger partial charge < -0.3 is 4.74 Å². The molecule has 0 radical (unpaired) electrons. The first kappa shape index (κ1) is 15.3. The molecular formula is C16H16O4S. The Morgan fingerprint density at radius 2 is 1.48 bits per heavy atom. The molecule has 2 aromatic rings. The Morgan fingerprint density at radius 3 is 2.00 bits per heavy atom. The average Bonchev–Trinajstić information content (AvgIpc) is 2.46. The summed E-state index contributed by atoms with van der Waals surface area (Å²) >= 11 is 0. The number of para-hydroxylation sites is 1. The fraction of sp³-hybridized carbons (Fsp3) is 0.188. The summed E-state index contributed by atoms with van der Waals surface area (Å²) in [5.41, 5.74) is 0.355. The molecule has 0 aliphatic heterocycles. The monoisotopic (exact) mass is 304 g/mol. The molecule has 0 saturated carbocycles. The summed E-state index contributed by atoms with van der Waals surface area (Å²) in [7, 11) is -3.39. The van der Waals surface area contributed by atoms with E-state index in [-0.39, 0.29) is 0 Å². The number of carbonyl (C=O) groups excluding carboxylic acids is 1. The summed E-state index contributed by atoms with van der Waals surface area (Å²) in [6.07, 6.45) is 1.06. The van der Waals surface area contributed by atoms with Crippen molar-refractivity contribution in [3.63, 3.8) is 0 Å². The van der Waals surface area contributed by atoms with Gasteiger partial charge in [-0.25, -0.2) is 8.42 Å². The maximum absolute atomic E-state index is 12.0. The minimum absolute atomic E-state index is 0.355. The van der Waals surface area contributed by atoms with Crippen LogP contribution in [0.4, 0.5) is 0 Å². The highest BCUT2D eigenvalue weighted by atomic mass is 32.2. The van der Waals surface area contributed by atoms with Gasteiger partial charge in [0, 0.05) is 11.8 Å². The lowest BCUT2D eigenvalue weighted by molar-refractivity contribution is 0.0991. The van der Waals surface area contributed by atoms with Gasteiger partial charge in [-0.1, -0.05) is 18.2 Å². The first-order valence-electron chi connectivity index (χ1n) is 6.44. The Hall–Kier alpha value is -2.14. The van der Waals surface area contributed by atoms with Crippen LogP contribution in [0.2, 0.25) is 0 Å². The van der Waals surface area contributed by atoms with E-state index in [4.69, 9.17) is 4.74 Å². The summed E-state index contributed by atoms with van der Waals surface area (Å²) in [4.78, 5) is 12.0. The van der Waals surface area contributed by atoms with Crippen LogP contribution in [0.15, 0.2) is 54.6 Å². The van der Waals surface area contributed by atoms with E-state index in [1.54, 1.807) is 24.3 Å². The van der Waals surface area contributed by atoms with Crippen LogP contribution >= 0.6 is 0 Å². The summed E-state index contributed by atoms with van der Waals surface area (Å²) in [6.45, 7) is 1.39. The molecule has 1 atom stereocenters. The summed E-state index contributed by atoms with van der Waals surface area (Å²) in [5, 5.41) is -1.04. The quantitative estimate of drug-likeness (QED) is 0.796. The molecular weight excluding hydrogens is 288 g/mol. The van der Waals surface area contributed by atoms with Gasteiger partial charge in [-0.2, -0.15) is 0 Å². The molecule has 2 rings (SSSR count). The van der Waals surface area contributed by atoms with Crippen LogP contribution in [0.25, 0.3) is 0 Å². The summed E-state index contributed by atoms with van der Waals surface area (Å²) < 4.78 is 28.4. The van der Waals surface area contributed by atoms with Crippen LogP contribution in [0.1, 0.15) is 17.3 Å². The molecule has 0 spiro atoms. The Balaban J connectivity index is 2.14. The largest absolute Gasteiger partial charge is 0.457 e. The standard InChI is InChI=1S/C16H16O4S/c1-12(21(2,18)19)16(17)13-8-10-15(11-9-13)20-14-6-4-3-5-7-14/h3-12H,1-2H3. The third-order valence-electron chi connectivity index (χ3n) is 3.13. The second kappa shape index (κ2) is 6.10. The number of sulfone groups is 1. The lowest BCUT2D eigenvalue weighted by atomic mass is 10.1. The first-order valence-corrected chi connectivity index (χ1v) is 8.39. The van der Waals surface area contributed by atoms with E-state index in [0.717, 1.165) is 6.26 Å².